The van der Waals surface area contributed by atoms with Crippen LogP contribution in [0.1, 0.15) is 28.3 Å². The van der Waals surface area contributed by atoms with Gasteiger partial charge in [0.25, 0.3) is 5.78 Å². The molecule has 1 amide bonds. The Labute approximate surface area is 216 Å². The lowest BCUT2D eigenvalue weighted by molar-refractivity contribution is -0.132. The normalized spacial score (nSPS) is 17.0. The fraction of sp³-hybridized carbons (Fsp3) is 0.179. The highest BCUT2D eigenvalue weighted by molar-refractivity contribution is 7.22. The zero-order valence-corrected chi connectivity index (χ0v) is 21.4. The first-order valence-electron chi connectivity index (χ1n) is 11.4. The van der Waals surface area contributed by atoms with Gasteiger partial charge in [-0.1, -0.05) is 23.5 Å². The number of fused-ring (bicyclic) bond motifs is 1. The zero-order chi connectivity index (χ0) is 26.4. The van der Waals surface area contributed by atoms with E-state index in [1.165, 1.54) is 54.7 Å². The van der Waals surface area contributed by atoms with Crippen molar-refractivity contribution in [2.24, 2.45) is 0 Å². The molecule has 0 bridgehead atoms. The van der Waals surface area contributed by atoms with Crippen LogP contribution in [0.2, 0.25) is 0 Å². The van der Waals surface area contributed by atoms with Crippen molar-refractivity contribution in [2.45, 2.75) is 19.9 Å². The molecule has 1 aliphatic rings. The van der Waals surface area contributed by atoms with Crippen LogP contribution in [0.5, 0.6) is 11.5 Å². The fourth-order valence-corrected chi connectivity index (χ4v) is 5.76. The quantitative estimate of drug-likeness (QED) is 0.207. The van der Waals surface area contributed by atoms with Crippen LogP contribution in [0.4, 0.5) is 9.52 Å². The first-order chi connectivity index (χ1) is 17.7. The summed E-state index contributed by atoms with van der Waals surface area (Å²) in [5, 5.41) is 11.6. The topological polar surface area (TPSA) is 89.0 Å². The Kier molecular flexibility index (Phi) is 6.16. The third-order valence-corrected chi connectivity index (χ3v) is 7.31. The average Bonchev–Trinajstić information content (AvgIpc) is 3.42. The van der Waals surface area contributed by atoms with Crippen molar-refractivity contribution in [2.75, 3.05) is 19.1 Å². The van der Waals surface area contributed by atoms with Crippen molar-refractivity contribution in [3.05, 3.63) is 88.2 Å². The van der Waals surface area contributed by atoms with Gasteiger partial charge in [0.15, 0.2) is 16.6 Å². The van der Waals surface area contributed by atoms with Gasteiger partial charge in [0, 0.05) is 5.56 Å². The molecular formula is C28H23FN2O5S. The summed E-state index contributed by atoms with van der Waals surface area (Å²) in [7, 11) is 2.99. The first kappa shape index (κ1) is 24.5. The third-order valence-electron chi connectivity index (χ3n) is 6.31. The van der Waals surface area contributed by atoms with Crippen molar-refractivity contribution >= 4 is 44.1 Å². The zero-order valence-electron chi connectivity index (χ0n) is 20.5. The number of ether oxygens (including phenoxy) is 2. The highest BCUT2D eigenvalue weighted by Gasteiger charge is 2.48. The molecule has 1 aromatic heterocycles. The maximum Gasteiger partial charge on any atom is 0.301 e. The van der Waals surface area contributed by atoms with Crippen LogP contribution in [-0.2, 0) is 9.59 Å². The Balaban J connectivity index is 1.76. The summed E-state index contributed by atoms with van der Waals surface area (Å²) < 4.78 is 25.2. The van der Waals surface area contributed by atoms with E-state index in [2.05, 4.69) is 0 Å². The van der Waals surface area contributed by atoms with Gasteiger partial charge < -0.3 is 14.6 Å². The first-order valence-corrected chi connectivity index (χ1v) is 12.2. The Hall–Kier alpha value is -4.24. The van der Waals surface area contributed by atoms with Gasteiger partial charge in [0.2, 0.25) is 0 Å². The van der Waals surface area contributed by atoms with Gasteiger partial charge in [-0.15, -0.1) is 0 Å². The molecule has 2 heterocycles. The predicted molar refractivity (Wildman–Crippen MR) is 140 cm³/mol. The molecule has 1 aliphatic heterocycles. The van der Waals surface area contributed by atoms with Crippen LogP contribution in [0.15, 0.2) is 60.2 Å². The largest absolute Gasteiger partial charge is 0.507 e. The van der Waals surface area contributed by atoms with Gasteiger partial charge in [-0.3, -0.25) is 14.5 Å². The number of thiazole rings is 1. The highest BCUT2D eigenvalue weighted by Crippen LogP contribution is 2.46. The molecule has 1 fully saturated rings. The van der Waals surface area contributed by atoms with Gasteiger partial charge in [-0.05, 0) is 73.0 Å². The van der Waals surface area contributed by atoms with Crippen molar-refractivity contribution in [3.63, 3.8) is 0 Å². The van der Waals surface area contributed by atoms with Gasteiger partial charge in [0.05, 0.1) is 36.1 Å². The molecule has 4 aromatic rings. The smallest absolute Gasteiger partial charge is 0.301 e. The number of anilines is 1. The van der Waals surface area contributed by atoms with Crippen LogP contribution in [0.3, 0.4) is 0 Å². The van der Waals surface area contributed by atoms with Gasteiger partial charge in [0.1, 0.15) is 11.6 Å². The van der Waals surface area contributed by atoms with Crippen molar-refractivity contribution in [1.82, 2.24) is 4.98 Å². The number of benzene rings is 3. The summed E-state index contributed by atoms with van der Waals surface area (Å²) in [5.74, 6) is -1.73. The number of carbonyl (C=O) groups excluding carboxylic acids is 2. The van der Waals surface area contributed by atoms with Gasteiger partial charge in [-0.25, -0.2) is 9.37 Å². The van der Waals surface area contributed by atoms with E-state index in [4.69, 9.17) is 14.5 Å². The third kappa shape index (κ3) is 4.11. The lowest BCUT2D eigenvalue weighted by Gasteiger charge is -2.23. The summed E-state index contributed by atoms with van der Waals surface area (Å²) in [5.41, 5.74) is 3.32. The molecule has 1 N–H and O–H groups in total. The van der Waals surface area contributed by atoms with E-state index in [0.29, 0.717) is 22.2 Å². The van der Waals surface area contributed by atoms with Crippen LogP contribution in [0, 0.1) is 19.7 Å². The average molecular weight is 519 g/mol. The number of nitrogens with zero attached hydrogens (tertiary/aromatic N) is 2. The van der Waals surface area contributed by atoms with Crippen molar-refractivity contribution in [1.29, 1.82) is 0 Å². The number of rotatable bonds is 5. The lowest BCUT2D eigenvalue weighted by Crippen LogP contribution is -2.29. The van der Waals surface area contributed by atoms with E-state index >= 15 is 0 Å². The molecule has 3 aromatic carbocycles. The molecule has 0 radical (unpaired) electrons. The number of aryl methyl sites for hydroxylation is 2. The number of aliphatic hydroxyl groups excluding tert-OH is 1. The fourth-order valence-electron chi connectivity index (χ4n) is 4.59. The maximum atomic E-state index is 13.5. The second-order valence-corrected chi connectivity index (χ2v) is 9.72. The number of hydrogen-bond acceptors (Lipinski definition) is 7. The van der Waals surface area contributed by atoms with Crippen LogP contribution in [-0.4, -0.2) is 36.0 Å². The minimum atomic E-state index is -1.01. The molecule has 7 nitrogen and oxygen atoms in total. The van der Waals surface area contributed by atoms with Crippen LogP contribution >= 0.6 is 11.3 Å². The van der Waals surface area contributed by atoms with Gasteiger partial charge in [-0.2, -0.15) is 0 Å². The summed E-state index contributed by atoms with van der Waals surface area (Å²) in [4.78, 5) is 32.9. The van der Waals surface area contributed by atoms with E-state index in [1.807, 2.05) is 26.0 Å². The Bertz CT molecular complexity index is 1590. The Morgan fingerprint density at radius 3 is 2.38 bits per heavy atom. The Morgan fingerprint density at radius 1 is 1.00 bits per heavy atom. The predicted octanol–water partition coefficient (Wildman–Crippen LogP) is 5.70. The molecule has 1 saturated heterocycles. The van der Waals surface area contributed by atoms with Crippen LogP contribution in [0.25, 0.3) is 16.0 Å². The molecule has 0 saturated carbocycles. The standard InChI is InChI=1S/C28H23FN2O5S/c1-14-11-15(2)23-21(12-14)37-28(30-23)31-24(17-7-10-19(35-3)20(13-17)36-4)22(26(33)27(31)34)25(32)16-5-8-18(29)9-6-16/h5-13,24,32H,1-4H3. The number of hydrogen-bond donors (Lipinski definition) is 1. The molecule has 0 spiro atoms. The number of ketones is 1. The number of carbonyl (C=O) groups is 2. The van der Waals surface area contributed by atoms with Crippen molar-refractivity contribution < 1.29 is 28.6 Å². The molecule has 5 rings (SSSR count). The van der Waals surface area contributed by atoms with E-state index in [9.17, 15) is 19.1 Å². The minimum absolute atomic E-state index is 0.129. The minimum Gasteiger partial charge on any atom is -0.507 e. The SMILES string of the molecule is COc1ccc(C2C(=C(O)c3ccc(F)cc3)C(=O)C(=O)N2c2nc3c(C)cc(C)cc3s2)cc1OC. The summed E-state index contributed by atoms with van der Waals surface area (Å²) in [6.45, 7) is 3.91. The molecule has 1 atom stereocenters. The molecule has 1 unspecified atom stereocenters. The monoisotopic (exact) mass is 518 g/mol. The van der Waals surface area contributed by atoms with E-state index in [-0.39, 0.29) is 11.1 Å². The number of aromatic nitrogens is 1. The maximum absolute atomic E-state index is 13.5. The van der Waals surface area contributed by atoms with Crippen LogP contribution < -0.4 is 14.4 Å². The highest BCUT2D eigenvalue weighted by atomic mass is 32.1. The summed E-state index contributed by atoms with van der Waals surface area (Å²) >= 11 is 1.29. The van der Waals surface area contributed by atoms with E-state index in [0.717, 1.165) is 21.3 Å². The summed E-state index contributed by atoms with van der Waals surface area (Å²) in [6, 6.07) is 13.1. The van der Waals surface area contributed by atoms with Crippen molar-refractivity contribution in [3.8, 4) is 11.5 Å². The van der Waals surface area contributed by atoms with Gasteiger partial charge >= 0.3 is 5.91 Å². The van der Waals surface area contributed by atoms with E-state index in [1.54, 1.807) is 18.2 Å². The molecule has 37 heavy (non-hydrogen) atoms. The molecular weight excluding hydrogens is 495 g/mol. The number of Topliss-reactive ketones (excluding diaryl/α,β-unsaturated/α-hetero) is 1. The number of methoxy groups -OCH3 is 2. The Morgan fingerprint density at radius 2 is 1.70 bits per heavy atom. The lowest BCUT2D eigenvalue weighted by atomic mass is 9.95. The molecule has 0 aliphatic carbocycles. The molecule has 188 valence electrons. The second-order valence-electron chi connectivity index (χ2n) is 8.72. The number of halogens is 1. The summed E-state index contributed by atoms with van der Waals surface area (Å²) in [6.07, 6.45) is 0. The molecule has 9 heteroatoms. The second kappa shape index (κ2) is 9.33. The number of amides is 1. The number of aliphatic hydroxyl groups is 1. The van der Waals surface area contributed by atoms with E-state index < -0.39 is 29.3 Å².